The van der Waals surface area contributed by atoms with E-state index in [1.807, 2.05) is 0 Å². The van der Waals surface area contributed by atoms with Crippen molar-refractivity contribution < 1.29 is 19.1 Å². The molecule has 30 heavy (non-hydrogen) atoms. The normalized spacial score (nSPS) is 12.9. The lowest BCUT2D eigenvalue weighted by Gasteiger charge is -2.17. The van der Waals surface area contributed by atoms with Gasteiger partial charge in [-0.2, -0.15) is 0 Å². The molecular weight excluding hydrogens is 384 g/mol. The Bertz CT molecular complexity index is 910. The van der Waals surface area contributed by atoms with Gasteiger partial charge in [-0.3, -0.25) is 19.3 Å². The molecule has 0 bridgehead atoms. The van der Waals surface area contributed by atoms with Crippen LogP contribution in [-0.4, -0.2) is 55.9 Å². The van der Waals surface area contributed by atoms with Crippen LogP contribution in [0, 0.1) is 0 Å². The summed E-state index contributed by atoms with van der Waals surface area (Å²) < 4.78 is 5.11. The van der Waals surface area contributed by atoms with Crippen LogP contribution in [0.4, 0.5) is 11.4 Å². The number of hydrogen-bond donors (Lipinski definition) is 3. The minimum atomic E-state index is -0.340. The quantitative estimate of drug-likeness (QED) is 0.588. The van der Waals surface area contributed by atoms with Crippen molar-refractivity contribution in [1.82, 2.24) is 10.2 Å². The van der Waals surface area contributed by atoms with Gasteiger partial charge in [0.1, 0.15) is 5.75 Å². The van der Waals surface area contributed by atoms with E-state index in [4.69, 9.17) is 4.74 Å². The molecule has 1 aliphatic carbocycles. The van der Waals surface area contributed by atoms with Crippen LogP contribution in [0.5, 0.6) is 5.75 Å². The molecule has 0 aromatic heterocycles. The van der Waals surface area contributed by atoms with Gasteiger partial charge >= 0.3 is 0 Å². The van der Waals surface area contributed by atoms with Crippen LogP contribution in [-0.2, 0) is 9.59 Å². The van der Waals surface area contributed by atoms with Gasteiger partial charge in [-0.25, -0.2) is 0 Å². The second kappa shape index (κ2) is 9.89. The van der Waals surface area contributed by atoms with E-state index in [9.17, 15) is 14.4 Å². The summed E-state index contributed by atoms with van der Waals surface area (Å²) >= 11 is 0. The molecule has 1 saturated carbocycles. The number of methoxy groups -OCH3 is 1. The molecule has 3 rings (SSSR count). The highest BCUT2D eigenvalue weighted by Gasteiger charge is 2.24. The van der Waals surface area contributed by atoms with E-state index < -0.39 is 0 Å². The van der Waals surface area contributed by atoms with Gasteiger partial charge in [-0.05, 0) is 56.3 Å². The van der Waals surface area contributed by atoms with Crippen molar-refractivity contribution in [2.24, 2.45) is 0 Å². The maximum absolute atomic E-state index is 12.7. The number of amides is 3. The van der Waals surface area contributed by atoms with E-state index in [0.717, 1.165) is 12.8 Å². The van der Waals surface area contributed by atoms with E-state index in [-0.39, 0.29) is 36.9 Å². The first kappa shape index (κ1) is 21.3. The fourth-order valence-corrected chi connectivity index (χ4v) is 2.90. The highest BCUT2D eigenvalue weighted by atomic mass is 16.5. The minimum Gasteiger partial charge on any atom is -0.497 e. The third-order valence-corrected chi connectivity index (χ3v) is 4.56. The van der Waals surface area contributed by atoms with Crippen molar-refractivity contribution in [3.63, 3.8) is 0 Å². The van der Waals surface area contributed by atoms with Crippen molar-refractivity contribution in [3.05, 3.63) is 54.1 Å². The summed E-state index contributed by atoms with van der Waals surface area (Å²) in [6.07, 6.45) is 2.04. The number of para-hydroxylation sites is 1. The smallest absolute Gasteiger partial charge is 0.257 e. The zero-order valence-electron chi connectivity index (χ0n) is 17.1. The first-order valence-electron chi connectivity index (χ1n) is 9.77. The Kier molecular flexibility index (Phi) is 7.03. The number of nitrogens with one attached hydrogen (secondary N) is 3. The lowest BCUT2D eigenvalue weighted by molar-refractivity contribution is -0.123. The number of benzene rings is 2. The summed E-state index contributed by atoms with van der Waals surface area (Å²) in [5.74, 6) is -0.0442. The lowest BCUT2D eigenvalue weighted by atomic mass is 10.1. The molecule has 8 nitrogen and oxygen atoms in total. The number of ether oxygens (including phenoxy) is 1. The molecule has 2 aromatic carbocycles. The van der Waals surface area contributed by atoms with Crippen molar-refractivity contribution in [1.29, 1.82) is 0 Å². The third-order valence-electron chi connectivity index (χ3n) is 4.56. The Morgan fingerprint density at radius 2 is 1.63 bits per heavy atom. The first-order chi connectivity index (χ1) is 14.4. The van der Waals surface area contributed by atoms with E-state index in [1.54, 1.807) is 67.6 Å². The minimum absolute atomic E-state index is 0.0342. The zero-order chi connectivity index (χ0) is 21.5. The van der Waals surface area contributed by atoms with Crippen molar-refractivity contribution in [2.75, 3.05) is 37.9 Å². The largest absolute Gasteiger partial charge is 0.497 e. The van der Waals surface area contributed by atoms with E-state index in [1.165, 1.54) is 0 Å². The van der Waals surface area contributed by atoms with Gasteiger partial charge in [0.05, 0.1) is 31.5 Å². The van der Waals surface area contributed by atoms with E-state index in [2.05, 4.69) is 16.0 Å². The first-order valence-corrected chi connectivity index (χ1v) is 9.77. The number of carbonyl (C=O) groups excluding carboxylic acids is 3. The standard InChI is InChI=1S/C22H26N4O4/c1-26(13-20(27)23-15-7-8-15)14-21(28)25-19-6-4-3-5-18(19)22(29)24-16-9-11-17(30-2)12-10-16/h3-6,9-12,15H,7-8,13-14H2,1-2H3,(H,23,27)(H,24,29)(H,25,28). The van der Waals surface area contributed by atoms with Crippen LogP contribution in [0.25, 0.3) is 0 Å². The fourth-order valence-electron chi connectivity index (χ4n) is 2.90. The highest BCUT2D eigenvalue weighted by Crippen LogP contribution is 2.20. The van der Waals surface area contributed by atoms with Crippen molar-refractivity contribution in [3.8, 4) is 5.75 Å². The predicted octanol–water partition coefficient (Wildman–Crippen LogP) is 2.10. The number of nitrogens with zero attached hydrogens (tertiary/aromatic N) is 1. The molecule has 0 aliphatic heterocycles. The average Bonchev–Trinajstić information content (AvgIpc) is 3.52. The van der Waals surface area contributed by atoms with Gasteiger partial charge in [0, 0.05) is 11.7 Å². The molecule has 1 aliphatic rings. The number of carbonyl (C=O) groups is 3. The molecule has 8 heteroatoms. The van der Waals surface area contributed by atoms with Crippen LogP contribution in [0.1, 0.15) is 23.2 Å². The van der Waals surface area contributed by atoms with E-state index >= 15 is 0 Å². The molecule has 3 N–H and O–H groups in total. The van der Waals surface area contributed by atoms with Crippen LogP contribution in [0.2, 0.25) is 0 Å². The molecule has 1 fully saturated rings. The summed E-state index contributed by atoms with van der Waals surface area (Å²) in [7, 11) is 3.28. The molecule has 0 spiro atoms. The van der Waals surface area contributed by atoms with Crippen LogP contribution in [0.15, 0.2) is 48.5 Å². The number of hydrogen-bond acceptors (Lipinski definition) is 5. The average molecular weight is 410 g/mol. The van der Waals surface area contributed by atoms with Gasteiger partial charge in [0.15, 0.2) is 0 Å². The predicted molar refractivity (Wildman–Crippen MR) is 115 cm³/mol. The Hall–Kier alpha value is -3.39. The molecule has 158 valence electrons. The SMILES string of the molecule is COc1ccc(NC(=O)c2ccccc2NC(=O)CN(C)CC(=O)NC2CC2)cc1. The van der Waals surface area contributed by atoms with Crippen LogP contribution in [0.3, 0.4) is 0 Å². The molecule has 0 saturated heterocycles. The maximum atomic E-state index is 12.7. The summed E-state index contributed by atoms with van der Waals surface area (Å²) in [6, 6.07) is 14.0. The molecule has 0 unspecified atom stereocenters. The zero-order valence-corrected chi connectivity index (χ0v) is 17.1. The Labute approximate surface area is 175 Å². The summed E-state index contributed by atoms with van der Waals surface area (Å²) in [5.41, 5.74) is 1.36. The molecule has 2 aromatic rings. The van der Waals surface area contributed by atoms with Crippen LogP contribution >= 0.6 is 0 Å². The molecule has 3 amide bonds. The fraction of sp³-hybridized carbons (Fsp3) is 0.318. The Morgan fingerprint density at radius 1 is 0.967 bits per heavy atom. The summed E-state index contributed by atoms with van der Waals surface area (Å²) in [4.78, 5) is 38.6. The van der Waals surface area contributed by atoms with Crippen molar-refractivity contribution >= 4 is 29.1 Å². The monoisotopic (exact) mass is 410 g/mol. The van der Waals surface area contributed by atoms with Crippen molar-refractivity contribution in [2.45, 2.75) is 18.9 Å². The van der Waals surface area contributed by atoms with Gasteiger partial charge in [-0.1, -0.05) is 12.1 Å². The summed E-state index contributed by atoms with van der Waals surface area (Å²) in [6.45, 7) is 0.177. The topological polar surface area (TPSA) is 99.8 Å². The molecule has 0 radical (unpaired) electrons. The molecule has 0 atom stereocenters. The van der Waals surface area contributed by atoms with Gasteiger partial charge in [0.2, 0.25) is 11.8 Å². The van der Waals surface area contributed by atoms with E-state index in [0.29, 0.717) is 22.7 Å². The second-order valence-electron chi connectivity index (χ2n) is 7.29. The lowest BCUT2D eigenvalue weighted by Crippen LogP contribution is -2.39. The number of rotatable bonds is 9. The number of likely N-dealkylation sites (N-methyl/N-ethyl adjacent to an activating group) is 1. The van der Waals surface area contributed by atoms with Gasteiger partial charge in [-0.15, -0.1) is 0 Å². The second-order valence-corrected chi connectivity index (χ2v) is 7.29. The van der Waals surface area contributed by atoms with Gasteiger partial charge < -0.3 is 20.7 Å². The maximum Gasteiger partial charge on any atom is 0.257 e. The number of anilines is 2. The van der Waals surface area contributed by atoms with Gasteiger partial charge in [0.25, 0.3) is 5.91 Å². The summed E-state index contributed by atoms with van der Waals surface area (Å²) in [5, 5.41) is 8.45. The Morgan fingerprint density at radius 3 is 2.30 bits per heavy atom. The van der Waals surface area contributed by atoms with Crippen LogP contribution < -0.4 is 20.7 Å². The third kappa shape index (κ3) is 6.31. The molecule has 0 heterocycles. The molecular formula is C22H26N4O4. The highest BCUT2D eigenvalue weighted by molar-refractivity contribution is 6.10. The Balaban J connectivity index is 1.57.